The van der Waals surface area contributed by atoms with Gasteiger partial charge in [0.1, 0.15) is 30.2 Å². The molecule has 12 N–H and O–H groups in total. The largest absolute Gasteiger partial charge is 0.481 e. The average molecular weight is 562 g/mol. The lowest BCUT2D eigenvalue weighted by Gasteiger charge is -2.23. The maximum Gasteiger partial charge on any atom is 0.326 e. The van der Waals surface area contributed by atoms with Crippen molar-refractivity contribution in [1.82, 2.24) is 26.6 Å². The number of hydrogen-bond donors (Lipinski definition) is 10. The Labute approximate surface area is 222 Å². The number of carbonyl (C=O) groups is 8. The zero-order chi connectivity index (χ0) is 30.3. The minimum atomic E-state index is -1.54. The Morgan fingerprint density at radius 2 is 1.26 bits per heavy atom. The molecular formula is C21H35N7O11. The first kappa shape index (κ1) is 34.7. The summed E-state index contributed by atoms with van der Waals surface area (Å²) in [5.41, 5.74) is 10.3. The maximum absolute atomic E-state index is 12.6. The number of aliphatic carboxylic acids is 2. The van der Waals surface area contributed by atoms with Gasteiger partial charge in [0.15, 0.2) is 0 Å². The van der Waals surface area contributed by atoms with Crippen LogP contribution in [0.5, 0.6) is 0 Å². The van der Waals surface area contributed by atoms with Crippen LogP contribution in [0.3, 0.4) is 0 Å². The topological polar surface area (TPSA) is 309 Å². The third kappa shape index (κ3) is 14.3. The van der Waals surface area contributed by atoms with Crippen LogP contribution in [0.4, 0.5) is 0 Å². The van der Waals surface area contributed by atoms with Crippen LogP contribution < -0.4 is 38.1 Å². The second kappa shape index (κ2) is 17.2. The summed E-state index contributed by atoms with van der Waals surface area (Å²) in [7, 11) is 0. The summed E-state index contributed by atoms with van der Waals surface area (Å²) in [6.45, 7) is 1.28. The quantitative estimate of drug-likeness (QED) is 0.0749. The number of carboxylic acid groups (broad SMARTS) is 2. The number of hydrogen-bond acceptors (Lipinski definition) is 10. The monoisotopic (exact) mass is 561 g/mol. The van der Waals surface area contributed by atoms with Crippen LogP contribution in [-0.2, 0) is 38.4 Å². The van der Waals surface area contributed by atoms with Crippen molar-refractivity contribution in [3.8, 4) is 0 Å². The molecule has 6 amide bonds. The van der Waals surface area contributed by atoms with Gasteiger partial charge in [0.05, 0.1) is 13.2 Å². The Morgan fingerprint density at radius 1 is 0.718 bits per heavy atom. The first-order chi connectivity index (χ1) is 18.1. The van der Waals surface area contributed by atoms with E-state index in [0.29, 0.717) is 0 Å². The molecule has 5 atom stereocenters. The molecule has 0 unspecified atom stereocenters. The van der Waals surface area contributed by atoms with E-state index in [0.717, 1.165) is 0 Å². The van der Waals surface area contributed by atoms with Crippen LogP contribution in [-0.4, -0.2) is 106 Å². The van der Waals surface area contributed by atoms with E-state index >= 15 is 0 Å². The Bertz CT molecular complexity index is 943. The molecule has 0 saturated heterocycles. The van der Waals surface area contributed by atoms with E-state index < -0.39 is 104 Å². The molecule has 0 aliphatic heterocycles. The number of nitrogens with one attached hydrogen (secondary N) is 5. The number of aliphatic hydroxyl groups excluding tert-OH is 1. The van der Waals surface area contributed by atoms with Crippen LogP contribution >= 0.6 is 0 Å². The van der Waals surface area contributed by atoms with E-state index in [-0.39, 0.29) is 12.8 Å². The first-order valence-corrected chi connectivity index (χ1v) is 11.7. The zero-order valence-electron chi connectivity index (χ0n) is 21.4. The van der Waals surface area contributed by atoms with Crippen LogP contribution in [0.1, 0.15) is 39.5 Å². The average Bonchev–Trinajstić information content (AvgIpc) is 2.85. The van der Waals surface area contributed by atoms with Crippen molar-refractivity contribution >= 4 is 47.4 Å². The number of amides is 6. The number of carboxylic acids is 2. The molecule has 0 aliphatic carbocycles. The Balaban J connectivity index is 5.05. The molecule has 0 aromatic rings. The summed E-state index contributed by atoms with van der Waals surface area (Å²) in [5, 5.41) is 38.0. The van der Waals surface area contributed by atoms with Gasteiger partial charge in [-0.3, -0.25) is 33.6 Å². The molecule has 0 spiro atoms. The fourth-order valence-corrected chi connectivity index (χ4v) is 2.80. The van der Waals surface area contributed by atoms with Crippen molar-refractivity contribution in [1.29, 1.82) is 0 Å². The number of rotatable bonds is 18. The molecule has 0 aromatic heterocycles. The van der Waals surface area contributed by atoms with Crippen molar-refractivity contribution in [3.05, 3.63) is 0 Å². The standard InChI is InChI=1S/C21H35N7O11/c1-9(26-19(36)11(22)8-29)17(34)24-7-15(31)25-10(2)18(35)27-12(4-6-16(32)33)20(37)28-13(21(38)39)3-5-14(23)30/h9-13,29H,3-8,22H2,1-2H3,(H2,23,30)(H,24,34)(H,25,31)(H,26,36)(H,27,35)(H,28,37)(H,32,33)(H,38,39)/t9-,10-,11-,12-,13-/m0/s1. The number of nitrogens with two attached hydrogens (primary N) is 2. The second-order valence-electron chi connectivity index (χ2n) is 8.42. The van der Waals surface area contributed by atoms with Gasteiger partial charge in [-0.2, -0.15) is 0 Å². The van der Waals surface area contributed by atoms with Crippen LogP contribution in [0.15, 0.2) is 0 Å². The van der Waals surface area contributed by atoms with E-state index in [1.165, 1.54) is 13.8 Å². The van der Waals surface area contributed by atoms with Crippen molar-refractivity contribution in [3.63, 3.8) is 0 Å². The van der Waals surface area contributed by atoms with Crippen molar-refractivity contribution in [2.45, 2.75) is 69.7 Å². The number of aliphatic hydroxyl groups is 1. The molecule has 0 heterocycles. The molecule has 0 rings (SSSR count). The molecule has 0 saturated carbocycles. The highest BCUT2D eigenvalue weighted by Crippen LogP contribution is 2.03. The van der Waals surface area contributed by atoms with E-state index in [1.54, 1.807) is 0 Å². The second-order valence-corrected chi connectivity index (χ2v) is 8.42. The molecular weight excluding hydrogens is 526 g/mol. The fourth-order valence-electron chi connectivity index (χ4n) is 2.80. The fraction of sp³-hybridized carbons (Fsp3) is 0.619. The summed E-state index contributed by atoms with van der Waals surface area (Å²) in [4.78, 5) is 94.2. The van der Waals surface area contributed by atoms with Crippen molar-refractivity contribution in [2.75, 3.05) is 13.2 Å². The van der Waals surface area contributed by atoms with Crippen molar-refractivity contribution in [2.24, 2.45) is 11.5 Å². The zero-order valence-corrected chi connectivity index (χ0v) is 21.4. The summed E-state index contributed by atoms with van der Waals surface area (Å²) < 4.78 is 0. The Morgan fingerprint density at radius 3 is 1.77 bits per heavy atom. The lowest BCUT2D eigenvalue weighted by atomic mass is 10.1. The molecule has 39 heavy (non-hydrogen) atoms. The van der Waals surface area contributed by atoms with Crippen molar-refractivity contribution < 1.29 is 53.7 Å². The van der Waals surface area contributed by atoms with Gasteiger partial charge in [0, 0.05) is 12.8 Å². The molecule has 18 heteroatoms. The van der Waals surface area contributed by atoms with Crippen LogP contribution in [0, 0.1) is 0 Å². The minimum absolute atomic E-state index is 0.343. The van der Waals surface area contributed by atoms with Gasteiger partial charge in [-0.15, -0.1) is 0 Å². The lowest BCUT2D eigenvalue weighted by Crippen LogP contribution is -2.56. The molecule has 220 valence electrons. The van der Waals surface area contributed by atoms with Gasteiger partial charge in [-0.05, 0) is 26.7 Å². The Hall–Kier alpha value is -4.32. The first-order valence-electron chi connectivity index (χ1n) is 11.7. The van der Waals surface area contributed by atoms with Gasteiger partial charge in [-0.1, -0.05) is 0 Å². The predicted molar refractivity (Wildman–Crippen MR) is 130 cm³/mol. The number of carbonyl (C=O) groups excluding carboxylic acids is 6. The summed E-state index contributed by atoms with van der Waals surface area (Å²) >= 11 is 0. The third-order valence-corrected chi connectivity index (χ3v) is 5.05. The summed E-state index contributed by atoms with van der Waals surface area (Å²) in [6.07, 6.45) is -1.69. The Kier molecular flexibility index (Phi) is 15.3. The van der Waals surface area contributed by atoms with Gasteiger partial charge in [0.2, 0.25) is 35.4 Å². The molecule has 0 bridgehead atoms. The number of primary amides is 1. The van der Waals surface area contributed by atoms with E-state index in [1.807, 2.05) is 0 Å². The van der Waals surface area contributed by atoms with Gasteiger partial charge >= 0.3 is 11.9 Å². The molecule has 0 radical (unpaired) electrons. The molecule has 0 aliphatic rings. The maximum atomic E-state index is 12.6. The third-order valence-electron chi connectivity index (χ3n) is 5.05. The van der Waals surface area contributed by atoms with Gasteiger partial charge in [0.25, 0.3) is 0 Å². The SMILES string of the molecule is C[C@H](NC(=O)CNC(=O)[C@H](C)NC(=O)[C@@H](N)CO)C(=O)N[C@@H](CCC(=O)O)C(=O)N[C@@H](CCC(N)=O)C(=O)O. The highest BCUT2D eigenvalue weighted by Gasteiger charge is 2.29. The molecule has 18 nitrogen and oxygen atoms in total. The predicted octanol–water partition coefficient (Wildman–Crippen LogP) is -5.38. The summed E-state index contributed by atoms with van der Waals surface area (Å²) in [6, 6.07) is -6.66. The highest BCUT2D eigenvalue weighted by atomic mass is 16.4. The lowest BCUT2D eigenvalue weighted by molar-refractivity contribution is -0.143. The smallest absolute Gasteiger partial charge is 0.326 e. The molecule has 0 aromatic carbocycles. The van der Waals surface area contributed by atoms with E-state index in [2.05, 4.69) is 26.6 Å². The normalized spacial score (nSPS) is 14.4. The van der Waals surface area contributed by atoms with E-state index in [4.69, 9.17) is 21.7 Å². The minimum Gasteiger partial charge on any atom is -0.481 e. The van der Waals surface area contributed by atoms with Crippen LogP contribution in [0.25, 0.3) is 0 Å². The highest BCUT2D eigenvalue weighted by molar-refractivity contribution is 5.95. The molecule has 0 fully saturated rings. The van der Waals surface area contributed by atoms with Gasteiger partial charge < -0.3 is 53.4 Å². The summed E-state index contributed by atoms with van der Waals surface area (Å²) in [5.74, 6) is -7.95. The van der Waals surface area contributed by atoms with Gasteiger partial charge in [-0.25, -0.2) is 4.79 Å². The van der Waals surface area contributed by atoms with E-state index in [9.17, 15) is 43.5 Å². The van der Waals surface area contributed by atoms with Crippen LogP contribution in [0.2, 0.25) is 0 Å².